The zero-order valence-corrected chi connectivity index (χ0v) is 21.4. The second-order valence-electron chi connectivity index (χ2n) is 9.21. The summed E-state index contributed by atoms with van der Waals surface area (Å²) in [7, 11) is 0. The van der Waals surface area contributed by atoms with Gasteiger partial charge >= 0.3 is 0 Å². The molecule has 2 fully saturated rings. The van der Waals surface area contributed by atoms with E-state index in [2.05, 4.69) is 59.2 Å². The van der Waals surface area contributed by atoms with Gasteiger partial charge in [0.15, 0.2) is 5.69 Å². The SMILES string of the molecule is C=CCC1CCN(c2cc(Br)cnc2C(=O)Nc2cc(C)nc(N3CCCC(C=C)C3)n2)CC1. The standard InChI is InChI=1S/C26H33BrN6O/c1-4-7-20-9-12-32(13-10-20)22-15-21(27)16-28-24(22)25(34)30-23-14-18(3)29-26(31-23)33-11-6-8-19(5-2)17-33/h4-5,14-16,19-20H,1-2,6-13,17H2,3H3,(H,29,30,31,34). The Morgan fingerprint density at radius 2 is 1.97 bits per heavy atom. The number of carbonyl (C=O) groups excluding carboxylic acids is 1. The van der Waals surface area contributed by atoms with E-state index in [-0.39, 0.29) is 5.91 Å². The normalized spacial score (nSPS) is 19.1. The quantitative estimate of drug-likeness (QED) is 0.489. The molecule has 0 bridgehead atoms. The van der Waals surface area contributed by atoms with E-state index in [0.29, 0.717) is 29.3 Å². The van der Waals surface area contributed by atoms with E-state index in [9.17, 15) is 4.79 Å². The van der Waals surface area contributed by atoms with Crippen LogP contribution in [-0.2, 0) is 0 Å². The van der Waals surface area contributed by atoms with E-state index in [1.165, 1.54) is 0 Å². The van der Waals surface area contributed by atoms with Crippen LogP contribution in [0.1, 0.15) is 48.3 Å². The van der Waals surface area contributed by atoms with Gasteiger partial charge in [-0.05, 0) is 72.9 Å². The van der Waals surface area contributed by atoms with Crippen molar-refractivity contribution in [3.05, 3.63) is 59.5 Å². The molecule has 4 heterocycles. The average Bonchev–Trinajstić information content (AvgIpc) is 2.84. The molecule has 2 aliphatic heterocycles. The fourth-order valence-corrected chi connectivity index (χ4v) is 5.13. The summed E-state index contributed by atoms with van der Waals surface area (Å²) in [6.07, 6.45) is 11.1. The van der Waals surface area contributed by atoms with Crippen molar-refractivity contribution in [1.82, 2.24) is 15.0 Å². The number of aryl methyl sites for hydroxylation is 1. The topological polar surface area (TPSA) is 74.2 Å². The summed E-state index contributed by atoms with van der Waals surface area (Å²) < 4.78 is 0.856. The highest BCUT2D eigenvalue weighted by Crippen LogP contribution is 2.30. The highest BCUT2D eigenvalue weighted by Gasteiger charge is 2.25. The van der Waals surface area contributed by atoms with Gasteiger partial charge in [0.1, 0.15) is 5.82 Å². The minimum atomic E-state index is -0.262. The monoisotopic (exact) mass is 524 g/mol. The summed E-state index contributed by atoms with van der Waals surface area (Å²) in [6.45, 7) is 13.3. The van der Waals surface area contributed by atoms with Crippen molar-refractivity contribution in [3.63, 3.8) is 0 Å². The van der Waals surface area contributed by atoms with Crippen LogP contribution in [0.5, 0.6) is 0 Å². The maximum Gasteiger partial charge on any atom is 0.277 e. The Hall–Kier alpha value is -2.74. The van der Waals surface area contributed by atoms with Crippen molar-refractivity contribution in [2.45, 2.75) is 39.0 Å². The lowest BCUT2D eigenvalue weighted by atomic mass is 9.93. The predicted octanol–water partition coefficient (Wildman–Crippen LogP) is 5.39. The molecular weight excluding hydrogens is 492 g/mol. The zero-order valence-electron chi connectivity index (χ0n) is 19.8. The van der Waals surface area contributed by atoms with E-state index in [1.807, 2.05) is 25.1 Å². The molecule has 8 heteroatoms. The minimum Gasteiger partial charge on any atom is -0.370 e. The summed E-state index contributed by atoms with van der Waals surface area (Å²) in [4.78, 5) is 31.5. The molecule has 0 saturated carbocycles. The van der Waals surface area contributed by atoms with Crippen LogP contribution in [0.25, 0.3) is 0 Å². The zero-order chi connectivity index (χ0) is 24.1. The fraction of sp³-hybridized carbons (Fsp3) is 0.462. The van der Waals surface area contributed by atoms with Gasteiger partial charge < -0.3 is 15.1 Å². The summed E-state index contributed by atoms with van der Waals surface area (Å²) in [5, 5.41) is 2.98. The molecule has 2 saturated heterocycles. The number of amides is 1. The molecule has 0 spiro atoms. The molecule has 34 heavy (non-hydrogen) atoms. The maximum atomic E-state index is 13.3. The molecule has 2 aliphatic rings. The number of allylic oxidation sites excluding steroid dienone is 1. The van der Waals surface area contributed by atoms with Crippen LogP contribution in [0.15, 0.2) is 48.1 Å². The maximum absolute atomic E-state index is 13.3. The Labute approximate surface area is 210 Å². The number of hydrogen-bond acceptors (Lipinski definition) is 6. The molecule has 4 rings (SSSR count). The molecule has 1 N–H and O–H groups in total. The molecule has 180 valence electrons. The third-order valence-electron chi connectivity index (χ3n) is 6.66. The summed E-state index contributed by atoms with van der Waals surface area (Å²) in [6, 6.07) is 3.78. The highest BCUT2D eigenvalue weighted by atomic mass is 79.9. The van der Waals surface area contributed by atoms with Crippen LogP contribution in [-0.4, -0.2) is 47.0 Å². The number of nitrogens with zero attached hydrogens (tertiary/aromatic N) is 5. The number of carbonyl (C=O) groups is 1. The first-order valence-electron chi connectivity index (χ1n) is 12.0. The lowest BCUT2D eigenvalue weighted by Crippen LogP contribution is -2.36. The number of anilines is 3. The van der Waals surface area contributed by atoms with Crippen molar-refractivity contribution >= 4 is 39.3 Å². The van der Waals surface area contributed by atoms with Gasteiger partial charge in [0.25, 0.3) is 5.91 Å². The van der Waals surface area contributed by atoms with E-state index in [4.69, 9.17) is 0 Å². The Balaban J connectivity index is 1.52. The number of rotatable bonds is 7. The number of halogens is 1. The molecule has 2 aromatic heterocycles. The van der Waals surface area contributed by atoms with Crippen LogP contribution >= 0.6 is 15.9 Å². The first kappa shape index (κ1) is 24.4. The lowest BCUT2D eigenvalue weighted by molar-refractivity contribution is 0.102. The fourth-order valence-electron chi connectivity index (χ4n) is 4.81. The van der Waals surface area contributed by atoms with Gasteiger partial charge in [-0.15, -0.1) is 13.2 Å². The third kappa shape index (κ3) is 5.84. The number of nitrogens with one attached hydrogen (secondary N) is 1. The second-order valence-corrected chi connectivity index (χ2v) is 10.1. The molecule has 1 atom stereocenters. The van der Waals surface area contributed by atoms with Gasteiger partial charge in [0, 0.05) is 48.6 Å². The van der Waals surface area contributed by atoms with E-state index in [0.717, 1.165) is 74.1 Å². The molecular formula is C26H33BrN6O. The molecule has 1 unspecified atom stereocenters. The van der Waals surface area contributed by atoms with Crippen LogP contribution in [0.2, 0.25) is 0 Å². The van der Waals surface area contributed by atoms with Crippen molar-refractivity contribution in [2.24, 2.45) is 11.8 Å². The molecule has 0 radical (unpaired) electrons. The van der Waals surface area contributed by atoms with Crippen molar-refractivity contribution in [1.29, 1.82) is 0 Å². The average molecular weight is 525 g/mol. The van der Waals surface area contributed by atoms with E-state index < -0.39 is 0 Å². The lowest BCUT2D eigenvalue weighted by Gasteiger charge is -2.34. The molecule has 2 aromatic rings. The van der Waals surface area contributed by atoms with Gasteiger partial charge in [-0.3, -0.25) is 4.79 Å². The van der Waals surface area contributed by atoms with Gasteiger partial charge in [-0.1, -0.05) is 12.2 Å². The number of hydrogen-bond donors (Lipinski definition) is 1. The van der Waals surface area contributed by atoms with Gasteiger partial charge in [-0.25, -0.2) is 9.97 Å². The largest absolute Gasteiger partial charge is 0.370 e. The van der Waals surface area contributed by atoms with Crippen molar-refractivity contribution in [2.75, 3.05) is 41.3 Å². The summed E-state index contributed by atoms with van der Waals surface area (Å²) in [5.74, 6) is 1.97. The number of piperidine rings is 2. The Kier molecular flexibility index (Phi) is 7.98. The second kappa shape index (κ2) is 11.1. The smallest absolute Gasteiger partial charge is 0.277 e. The number of pyridine rings is 1. The predicted molar refractivity (Wildman–Crippen MR) is 142 cm³/mol. The third-order valence-corrected chi connectivity index (χ3v) is 7.10. The molecule has 1 amide bonds. The highest BCUT2D eigenvalue weighted by molar-refractivity contribution is 9.10. The Bertz CT molecular complexity index is 1050. The first-order chi connectivity index (χ1) is 16.5. The van der Waals surface area contributed by atoms with Crippen molar-refractivity contribution < 1.29 is 4.79 Å². The Morgan fingerprint density at radius 3 is 2.71 bits per heavy atom. The minimum absolute atomic E-state index is 0.262. The van der Waals surface area contributed by atoms with Crippen LogP contribution < -0.4 is 15.1 Å². The van der Waals surface area contributed by atoms with E-state index >= 15 is 0 Å². The van der Waals surface area contributed by atoms with Crippen LogP contribution in [0, 0.1) is 18.8 Å². The van der Waals surface area contributed by atoms with Crippen molar-refractivity contribution in [3.8, 4) is 0 Å². The van der Waals surface area contributed by atoms with Gasteiger partial charge in [0.05, 0.1) is 5.69 Å². The molecule has 0 aliphatic carbocycles. The first-order valence-corrected chi connectivity index (χ1v) is 12.8. The Morgan fingerprint density at radius 1 is 1.18 bits per heavy atom. The summed E-state index contributed by atoms with van der Waals surface area (Å²) >= 11 is 3.52. The van der Waals surface area contributed by atoms with Crippen LogP contribution in [0.4, 0.5) is 17.5 Å². The van der Waals surface area contributed by atoms with Gasteiger partial charge in [-0.2, -0.15) is 4.98 Å². The van der Waals surface area contributed by atoms with Gasteiger partial charge in [0.2, 0.25) is 5.95 Å². The van der Waals surface area contributed by atoms with E-state index in [1.54, 1.807) is 12.3 Å². The summed E-state index contributed by atoms with van der Waals surface area (Å²) in [5.41, 5.74) is 2.07. The number of aromatic nitrogens is 3. The molecule has 7 nitrogen and oxygen atoms in total. The molecule has 0 aromatic carbocycles. The van der Waals surface area contributed by atoms with Crippen LogP contribution in [0.3, 0.4) is 0 Å².